The van der Waals surface area contributed by atoms with E-state index in [1.54, 1.807) is 21.0 Å². The van der Waals surface area contributed by atoms with Crippen LogP contribution in [0.2, 0.25) is 5.02 Å². The number of aromatic nitrogens is 3. The molecule has 0 aliphatic carbocycles. The van der Waals surface area contributed by atoms with Crippen molar-refractivity contribution in [1.82, 2.24) is 19.2 Å². The minimum absolute atomic E-state index is 0.0881. The van der Waals surface area contributed by atoms with Crippen molar-refractivity contribution in [2.45, 2.75) is 29.5 Å². The number of nitrogens with zero attached hydrogens (tertiary/aromatic N) is 4. The van der Waals surface area contributed by atoms with E-state index in [2.05, 4.69) is 29.2 Å². The standard InChI is InChI=1S/C23H25ClN4O2S/c24-18-7-8-20-19(15-18)28-22(16-21(31-20)17-5-2-1-3-6-17)25-27(23(28)29)10-4-9-26-11-13-30-14-12-26/h1-3,5-8,15,21H,4,9-14,16H2. The number of hydrogen-bond donors (Lipinski definition) is 0. The summed E-state index contributed by atoms with van der Waals surface area (Å²) in [4.78, 5) is 16.8. The Morgan fingerprint density at radius 2 is 1.90 bits per heavy atom. The lowest BCUT2D eigenvalue weighted by Crippen LogP contribution is -2.37. The lowest BCUT2D eigenvalue weighted by molar-refractivity contribution is 0.0368. The van der Waals surface area contributed by atoms with E-state index < -0.39 is 0 Å². The predicted molar refractivity (Wildman–Crippen MR) is 123 cm³/mol. The first-order valence-electron chi connectivity index (χ1n) is 10.7. The Balaban J connectivity index is 1.45. The van der Waals surface area contributed by atoms with E-state index in [9.17, 15) is 4.79 Å². The van der Waals surface area contributed by atoms with Gasteiger partial charge in [-0.2, -0.15) is 5.10 Å². The summed E-state index contributed by atoms with van der Waals surface area (Å²) in [5.41, 5.74) is 1.97. The molecule has 0 bridgehead atoms. The van der Waals surface area contributed by atoms with Crippen molar-refractivity contribution in [2.75, 3.05) is 32.8 Å². The molecule has 8 heteroatoms. The predicted octanol–water partition coefficient (Wildman–Crippen LogP) is 3.80. The SMILES string of the molecule is O=c1n(CCCN2CCOCC2)nc2n1-c1cc(Cl)ccc1SC(c1ccccc1)C2. The molecule has 0 N–H and O–H groups in total. The van der Waals surface area contributed by atoms with Crippen LogP contribution in [-0.2, 0) is 17.7 Å². The van der Waals surface area contributed by atoms with E-state index in [0.29, 0.717) is 18.0 Å². The number of thioether (sulfide) groups is 1. The smallest absolute Gasteiger partial charge is 0.350 e. The molecule has 1 aromatic heterocycles. The number of fused-ring (bicyclic) bond motifs is 3. The van der Waals surface area contributed by atoms with Crippen molar-refractivity contribution in [3.05, 3.63) is 75.4 Å². The van der Waals surface area contributed by atoms with Crippen LogP contribution < -0.4 is 5.69 Å². The molecule has 2 aromatic carbocycles. The molecule has 1 atom stereocenters. The summed E-state index contributed by atoms with van der Waals surface area (Å²) in [6.45, 7) is 5.04. The van der Waals surface area contributed by atoms with Crippen molar-refractivity contribution in [1.29, 1.82) is 0 Å². The number of morpholine rings is 1. The first kappa shape index (κ1) is 20.8. The minimum atomic E-state index is -0.0881. The molecule has 2 aliphatic heterocycles. The van der Waals surface area contributed by atoms with Crippen LogP contribution in [0.5, 0.6) is 0 Å². The van der Waals surface area contributed by atoms with Crippen LogP contribution in [-0.4, -0.2) is 52.1 Å². The maximum atomic E-state index is 13.3. The van der Waals surface area contributed by atoms with Crippen LogP contribution in [0.4, 0.5) is 0 Å². The van der Waals surface area contributed by atoms with Crippen LogP contribution in [0.25, 0.3) is 5.69 Å². The van der Waals surface area contributed by atoms with E-state index in [4.69, 9.17) is 21.4 Å². The molecule has 0 radical (unpaired) electrons. The van der Waals surface area contributed by atoms with Crippen LogP contribution in [0.3, 0.4) is 0 Å². The Kier molecular flexibility index (Phi) is 6.18. The summed E-state index contributed by atoms with van der Waals surface area (Å²) in [7, 11) is 0. The summed E-state index contributed by atoms with van der Waals surface area (Å²) < 4.78 is 8.79. The summed E-state index contributed by atoms with van der Waals surface area (Å²) in [5, 5.41) is 5.57. The lowest BCUT2D eigenvalue weighted by Gasteiger charge is -2.26. The molecular weight excluding hydrogens is 432 g/mol. The molecule has 162 valence electrons. The van der Waals surface area contributed by atoms with Crippen molar-refractivity contribution in [3.8, 4) is 5.69 Å². The van der Waals surface area contributed by atoms with Gasteiger partial charge in [0.15, 0.2) is 0 Å². The molecule has 0 amide bonds. The zero-order chi connectivity index (χ0) is 21.2. The van der Waals surface area contributed by atoms with Gasteiger partial charge in [0.25, 0.3) is 0 Å². The molecule has 6 nitrogen and oxygen atoms in total. The highest BCUT2D eigenvalue weighted by molar-refractivity contribution is 7.99. The number of benzene rings is 2. The maximum Gasteiger partial charge on any atom is 0.350 e. The monoisotopic (exact) mass is 456 g/mol. The fourth-order valence-electron chi connectivity index (χ4n) is 4.22. The highest BCUT2D eigenvalue weighted by atomic mass is 35.5. The van der Waals surface area contributed by atoms with Crippen molar-refractivity contribution >= 4 is 23.4 Å². The van der Waals surface area contributed by atoms with Gasteiger partial charge in [-0.3, -0.25) is 4.90 Å². The maximum absolute atomic E-state index is 13.3. The van der Waals surface area contributed by atoms with Gasteiger partial charge in [0.2, 0.25) is 0 Å². The largest absolute Gasteiger partial charge is 0.379 e. The van der Waals surface area contributed by atoms with E-state index in [0.717, 1.165) is 55.7 Å². The Bertz CT molecular complexity index is 1110. The van der Waals surface area contributed by atoms with Crippen LogP contribution in [0.1, 0.15) is 23.1 Å². The van der Waals surface area contributed by atoms with Gasteiger partial charge >= 0.3 is 5.69 Å². The normalized spacial score (nSPS) is 18.9. The Morgan fingerprint density at radius 3 is 2.71 bits per heavy atom. The highest BCUT2D eigenvalue weighted by Gasteiger charge is 2.27. The molecule has 31 heavy (non-hydrogen) atoms. The third kappa shape index (κ3) is 4.46. The molecule has 5 rings (SSSR count). The summed E-state index contributed by atoms with van der Waals surface area (Å²) in [6, 6.07) is 16.2. The quantitative estimate of drug-likeness (QED) is 0.584. The van der Waals surface area contributed by atoms with Crippen LogP contribution >= 0.6 is 23.4 Å². The van der Waals surface area contributed by atoms with Gasteiger partial charge in [-0.15, -0.1) is 11.8 Å². The third-order valence-electron chi connectivity index (χ3n) is 5.82. The first-order chi connectivity index (χ1) is 15.2. The Morgan fingerprint density at radius 1 is 1.10 bits per heavy atom. The van der Waals surface area contributed by atoms with Crippen LogP contribution in [0.15, 0.2) is 58.2 Å². The Hall–Kier alpha value is -2.06. The van der Waals surface area contributed by atoms with Gasteiger partial charge < -0.3 is 4.74 Å². The van der Waals surface area contributed by atoms with Gasteiger partial charge in [0.1, 0.15) is 5.82 Å². The molecule has 0 spiro atoms. The zero-order valence-electron chi connectivity index (χ0n) is 17.2. The summed E-state index contributed by atoms with van der Waals surface area (Å²) >= 11 is 8.08. The number of hydrogen-bond acceptors (Lipinski definition) is 5. The molecule has 3 aromatic rings. The topological polar surface area (TPSA) is 52.3 Å². The summed E-state index contributed by atoms with van der Waals surface area (Å²) in [5.74, 6) is 0.791. The third-order valence-corrected chi connectivity index (χ3v) is 7.38. The van der Waals surface area contributed by atoms with Crippen molar-refractivity contribution < 1.29 is 4.74 Å². The van der Waals surface area contributed by atoms with Crippen molar-refractivity contribution in [3.63, 3.8) is 0 Å². The Labute approximate surface area is 190 Å². The second kappa shape index (κ2) is 9.20. The summed E-state index contributed by atoms with van der Waals surface area (Å²) in [6.07, 6.45) is 1.57. The van der Waals surface area contributed by atoms with Gasteiger partial charge in [-0.25, -0.2) is 14.0 Å². The first-order valence-corrected chi connectivity index (χ1v) is 12.0. The van der Waals surface area contributed by atoms with Gasteiger partial charge in [-0.05, 0) is 30.2 Å². The molecule has 1 unspecified atom stereocenters. The number of ether oxygens (including phenoxy) is 1. The van der Waals surface area contributed by atoms with Crippen LogP contribution in [0, 0.1) is 0 Å². The fraction of sp³-hybridized carbons (Fsp3) is 0.391. The second-order valence-corrected chi connectivity index (χ2v) is 9.58. The van der Waals surface area contributed by atoms with Gasteiger partial charge in [0, 0.05) is 47.8 Å². The minimum Gasteiger partial charge on any atom is -0.379 e. The van der Waals surface area contributed by atoms with Crippen molar-refractivity contribution in [2.24, 2.45) is 0 Å². The second-order valence-electron chi connectivity index (χ2n) is 7.90. The number of aryl methyl sites for hydroxylation is 1. The molecule has 2 aliphatic rings. The molecule has 1 saturated heterocycles. The van der Waals surface area contributed by atoms with E-state index in [1.165, 1.54) is 5.56 Å². The highest BCUT2D eigenvalue weighted by Crippen LogP contribution is 2.43. The lowest BCUT2D eigenvalue weighted by atomic mass is 10.1. The van der Waals surface area contributed by atoms with Gasteiger partial charge in [-0.1, -0.05) is 41.9 Å². The molecular formula is C23H25ClN4O2S. The van der Waals surface area contributed by atoms with E-state index >= 15 is 0 Å². The number of rotatable bonds is 5. The van der Waals surface area contributed by atoms with E-state index in [1.807, 2.05) is 24.3 Å². The fourth-order valence-corrected chi connectivity index (χ4v) is 5.64. The molecule has 3 heterocycles. The molecule has 1 fully saturated rings. The molecule has 0 saturated carbocycles. The zero-order valence-corrected chi connectivity index (χ0v) is 18.8. The average molecular weight is 457 g/mol. The number of halogens is 1. The average Bonchev–Trinajstić information content (AvgIpc) is 3.00. The van der Waals surface area contributed by atoms with Gasteiger partial charge in [0.05, 0.1) is 18.9 Å². The van der Waals surface area contributed by atoms with E-state index in [-0.39, 0.29) is 10.9 Å².